The van der Waals surface area contributed by atoms with Gasteiger partial charge in [-0.15, -0.1) is 0 Å². The number of hydrogen-bond acceptors (Lipinski definition) is 2. The quantitative estimate of drug-likeness (QED) is 0.738. The maximum absolute atomic E-state index is 12.0. The van der Waals surface area contributed by atoms with Gasteiger partial charge >= 0.3 is 0 Å². The maximum atomic E-state index is 12.0. The molecule has 0 saturated heterocycles. The van der Waals surface area contributed by atoms with Crippen LogP contribution in [0.25, 0.3) is 0 Å². The first-order valence-electron chi connectivity index (χ1n) is 5.05. The summed E-state index contributed by atoms with van der Waals surface area (Å²) in [6, 6.07) is 2.45. The Kier molecular flexibility index (Phi) is 2.32. The Morgan fingerprint density at radius 3 is 2.71 bits per heavy atom. The van der Waals surface area contributed by atoms with Gasteiger partial charge in [-0.3, -0.25) is 4.79 Å². The van der Waals surface area contributed by atoms with E-state index in [1.54, 1.807) is 12.3 Å². The molecular formula is C11H15NO2. The van der Waals surface area contributed by atoms with Crippen molar-refractivity contribution in [3.63, 3.8) is 0 Å². The minimum Gasteiger partial charge on any atom is -0.472 e. The Morgan fingerprint density at radius 2 is 2.29 bits per heavy atom. The van der Waals surface area contributed by atoms with Gasteiger partial charge in [0.15, 0.2) is 0 Å². The second-order valence-corrected chi connectivity index (χ2v) is 4.05. The summed E-state index contributed by atoms with van der Waals surface area (Å²) >= 11 is 0. The summed E-state index contributed by atoms with van der Waals surface area (Å²) in [4.78, 5) is 13.9. The van der Waals surface area contributed by atoms with E-state index in [0.717, 1.165) is 12.8 Å². The van der Waals surface area contributed by atoms with Gasteiger partial charge in [0.05, 0.1) is 11.8 Å². The summed E-state index contributed by atoms with van der Waals surface area (Å²) in [6.45, 7) is 4.10. The third kappa shape index (κ3) is 1.67. The fourth-order valence-corrected chi connectivity index (χ4v) is 1.71. The molecule has 0 atom stereocenters. The maximum Gasteiger partial charge on any atom is 0.257 e. The summed E-state index contributed by atoms with van der Waals surface area (Å²) in [5.41, 5.74) is 0.658. The van der Waals surface area contributed by atoms with Crippen molar-refractivity contribution in [2.75, 3.05) is 0 Å². The van der Waals surface area contributed by atoms with Crippen LogP contribution in [0, 0.1) is 0 Å². The fourth-order valence-electron chi connectivity index (χ4n) is 1.71. The monoisotopic (exact) mass is 193 g/mol. The zero-order chi connectivity index (χ0) is 10.1. The third-order valence-electron chi connectivity index (χ3n) is 2.50. The standard InChI is InChI=1S/C11H15NO2/c1-8(2)12(10-3-4-10)11(13)9-5-6-14-7-9/h5-8,10H,3-4H2,1-2H3. The van der Waals surface area contributed by atoms with Gasteiger partial charge in [-0.25, -0.2) is 0 Å². The van der Waals surface area contributed by atoms with Gasteiger partial charge in [0.25, 0.3) is 5.91 Å². The third-order valence-corrected chi connectivity index (χ3v) is 2.50. The Bertz CT molecular complexity index is 310. The second-order valence-electron chi connectivity index (χ2n) is 4.05. The van der Waals surface area contributed by atoms with E-state index < -0.39 is 0 Å². The molecule has 1 fully saturated rings. The molecule has 0 unspecified atom stereocenters. The van der Waals surface area contributed by atoms with E-state index in [-0.39, 0.29) is 11.9 Å². The first-order chi connectivity index (χ1) is 6.70. The molecule has 0 N–H and O–H groups in total. The molecule has 3 heteroatoms. The first-order valence-corrected chi connectivity index (χ1v) is 5.05. The molecule has 1 heterocycles. The van der Waals surface area contributed by atoms with Gasteiger partial charge in [0, 0.05) is 12.1 Å². The van der Waals surface area contributed by atoms with E-state index in [4.69, 9.17) is 4.42 Å². The number of furan rings is 1. The molecule has 3 nitrogen and oxygen atoms in total. The van der Waals surface area contributed by atoms with E-state index in [9.17, 15) is 4.79 Å². The van der Waals surface area contributed by atoms with Crippen LogP contribution >= 0.6 is 0 Å². The zero-order valence-electron chi connectivity index (χ0n) is 8.56. The van der Waals surface area contributed by atoms with Crippen molar-refractivity contribution in [1.82, 2.24) is 4.90 Å². The summed E-state index contributed by atoms with van der Waals surface area (Å²) in [5.74, 6) is 0.0938. The molecule has 0 aromatic carbocycles. The van der Waals surface area contributed by atoms with Gasteiger partial charge in [-0.05, 0) is 32.8 Å². The van der Waals surface area contributed by atoms with Crippen LogP contribution < -0.4 is 0 Å². The molecule has 1 aliphatic rings. The van der Waals surface area contributed by atoms with E-state index in [1.165, 1.54) is 6.26 Å². The predicted octanol–water partition coefficient (Wildman–Crippen LogP) is 2.29. The van der Waals surface area contributed by atoms with Crippen molar-refractivity contribution in [2.24, 2.45) is 0 Å². The SMILES string of the molecule is CC(C)N(C(=O)c1ccoc1)C1CC1. The van der Waals surface area contributed by atoms with Crippen LogP contribution in [0.1, 0.15) is 37.0 Å². The summed E-state index contributed by atoms with van der Waals surface area (Å²) in [7, 11) is 0. The van der Waals surface area contributed by atoms with Crippen molar-refractivity contribution in [2.45, 2.75) is 38.8 Å². The van der Waals surface area contributed by atoms with Gasteiger partial charge < -0.3 is 9.32 Å². The molecule has 1 amide bonds. The van der Waals surface area contributed by atoms with E-state index in [0.29, 0.717) is 11.6 Å². The van der Waals surface area contributed by atoms with Gasteiger partial charge in [-0.2, -0.15) is 0 Å². The molecule has 1 aliphatic carbocycles. The highest BCUT2D eigenvalue weighted by Gasteiger charge is 2.34. The van der Waals surface area contributed by atoms with Crippen LogP contribution in [0.2, 0.25) is 0 Å². The first kappa shape index (κ1) is 9.31. The van der Waals surface area contributed by atoms with Gasteiger partial charge in [-0.1, -0.05) is 0 Å². The number of hydrogen-bond donors (Lipinski definition) is 0. The van der Waals surface area contributed by atoms with Crippen LogP contribution in [0.4, 0.5) is 0 Å². The Balaban J connectivity index is 2.15. The number of carbonyl (C=O) groups is 1. The minimum atomic E-state index is 0.0938. The molecule has 0 spiro atoms. The Morgan fingerprint density at radius 1 is 1.57 bits per heavy atom. The molecule has 1 saturated carbocycles. The van der Waals surface area contributed by atoms with E-state index in [1.807, 2.05) is 4.90 Å². The largest absolute Gasteiger partial charge is 0.472 e. The minimum absolute atomic E-state index is 0.0938. The number of nitrogens with zero attached hydrogens (tertiary/aromatic N) is 1. The lowest BCUT2D eigenvalue weighted by Gasteiger charge is -2.26. The Hall–Kier alpha value is -1.25. The van der Waals surface area contributed by atoms with Crippen molar-refractivity contribution in [3.8, 4) is 0 Å². The van der Waals surface area contributed by atoms with Gasteiger partial charge in [0.2, 0.25) is 0 Å². The number of carbonyl (C=O) groups excluding carboxylic acids is 1. The average Bonchev–Trinajstić information content (AvgIpc) is 2.82. The summed E-state index contributed by atoms with van der Waals surface area (Å²) in [6.07, 6.45) is 5.34. The van der Waals surface area contributed by atoms with Crippen molar-refractivity contribution in [1.29, 1.82) is 0 Å². The molecule has 0 radical (unpaired) electrons. The lowest BCUT2D eigenvalue weighted by Crippen LogP contribution is -2.38. The van der Waals surface area contributed by atoms with Crippen LogP contribution in [0.5, 0.6) is 0 Å². The summed E-state index contributed by atoms with van der Waals surface area (Å²) in [5, 5.41) is 0. The molecule has 76 valence electrons. The summed E-state index contributed by atoms with van der Waals surface area (Å²) < 4.78 is 4.92. The molecule has 14 heavy (non-hydrogen) atoms. The smallest absolute Gasteiger partial charge is 0.257 e. The molecule has 1 aromatic rings. The molecule has 0 aliphatic heterocycles. The normalized spacial score (nSPS) is 15.9. The molecule has 1 aromatic heterocycles. The van der Waals surface area contributed by atoms with E-state index >= 15 is 0 Å². The molecule has 2 rings (SSSR count). The van der Waals surface area contributed by atoms with Crippen LogP contribution in [0.3, 0.4) is 0 Å². The molecular weight excluding hydrogens is 178 g/mol. The van der Waals surface area contributed by atoms with Crippen molar-refractivity contribution >= 4 is 5.91 Å². The Labute approximate surface area is 83.7 Å². The number of rotatable bonds is 3. The second kappa shape index (κ2) is 3.48. The fraction of sp³-hybridized carbons (Fsp3) is 0.545. The topological polar surface area (TPSA) is 33.5 Å². The average molecular weight is 193 g/mol. The molecule has 0 bridgehead atoms. The zero-order valence-corrected chi connectivity index (χ0v) is 8.56. The van der Waals surface area contributed by atoms with Crippen molar-refractivity contribution in [3.05, 3.63) is 24.2 Å². The lowest BCUT2D eigenvalue weighted by molar-refractivity contribution is 0.0689. The predicted molar refractivity (Wildman–Crippen MR) is 53.0 cm³/mol. The van der Waals surface area contributed by atoms with E-state index in [2.05, 4.69) is 13.8 Å². The van der Waals surface area contributed by atoms with Crippen LogP contribution in [-0.2, 0) is 0 Å². The van der Waals surface area contributed by atoms with Gasteiger partial charge in [0.1, 0.15) is 6.26 Å². The highest BCUT2D eigenvalue weighted by atomic mass is 16.3. The highest BCUT2D eigenvalue weighted by Crippen LogP contribution is 2.30. The highest BCUT2D eigenvalue weighted by molar-refractivity contribution is 5.94. The van der Waals surface area contributed by atoms with Crippen molar-refractivity contribution < 1.29 is 9.21 Å². The number of amides is 1. The lowest BCUT2D eigenvalue weighted by atomic mass is 10.2. The van der Waals surface area contributed by atoms with Crippen LogP contribution in [0.15, 0.2) is 23.0 Å². The van der Waals surface area contributed by atoms with Crippen LogP contribution in [-0.4, -0.2) is 22.9 Å².